The topological polar surface area (TPSA) is 89.4 Å². The zero-order valence-corrected chi connectivity index (χ0v) is 15.6. The van der Waals surface area contributed by atoms with Gasteiger partial charge in [-0.3, -0.25) is 10.1 Å². The Morgan fingerprint density at radius 1 is 0.889 bits per heavy atom. The lowest BCUT2D eigenvalue weighted by Gasteiger charge is -2.20. The Hall–Kier alpha value is -2.44. The number of nitrogens with zero attached hydrogens (tertiary/aromatic N) is 1. The van der Waals surface area contributed by atoms with Crippen LogP contribution in [0, 0.1) is 10.1 Å². The van der Waals surface area contributed by atoms with E-state index >= 15 is 0 Å². The van der Waals surface area contributed by atoms with Gasteiger partial charge < -0.3 is 10.8 Å². The van der Waals surface area contributed by atoms with Gasteiger partial charge in [-0.05, 0) is 34.4 Å². The Morgan fingerprint density at radius 2 is 1.56 bits per heavy atom. The molecule has 0 spiro atoms. The summed E-state index contributed by atoms with van der Waals surface area (Å²) >= 11 is 11.9. The molecule has 2 unspecified atom stereocenters. The fraction of sp³-hybridized carbons (Fsp3) is 0.100. The maximum absolute atomic E-state index is 10.9. The molecule has 27 heavy (non-hydrogen) atoms. The van der Waals surface area contributed by atoms with Crippen LogP contribution in [-0.4, -0.2) is 10.0 Å². The number of hydrogen-bond acceptors (Lipinski definition) is 4. The molecule has 138 valence electrons. The molecule has 2 atom stereocenters. The van der Waals surface area contributed by atoms with Gasteiger partial charge in [-0.15, -0.1) is 0 Å². The van der Waals surface area contributed by atoms with E-state index in [-0.39, 0.29) is 5.69 Å². The predicted molar refractivity (Wildman–Crippen MR) is 107 cm³/mol. The van der Waals surface area contributed by atoms with E-state index in [1.165, 1.54) is 12.1 Å². The standard InChI is InChI=1S/C20H16Cl2N2O3/c21-17-9-8-15(11-18(17)22)19(23)20(25)13-6-4-12(5-7-13)14-2-1-3-16(10-14)24(26)27/h1-11,19-20,25H,23H2. The summed E-state index contributed by atoms with van der Waals surface area (Å²) in [5, 5.41) is 22.3. The highest BCUT2D eigenvalue weighted by atomic mass is 35.5. The smallest absolute Gasteiger partial charge is 0.270 e. The average molecular weight is 403 g/mol. The van der Waals surface area contributed by atoms with Gasteiger partial charge in [-0.2, -0.15) is 0 Å². The highest BCUT2D eigenvalue weighted by Crippen LogP contribution is 2.32. The number of nitrogens with two attached hydrogens (primary N) is 1. The van der Waals surface area contributed by atoms with Gasteiger partial charge in [-0.25, -0.2) is 0 Å². The van der Waals surface area contributed by atoms with Crippen molar-refractivity contribution < 1.29 is 10.0 Å². The number of non-ortho nitro benzene ring substituents is 1. The van der Waals surface area contributed by atoms with Crippen molar-refractivity contribution in [2.75, 3.05) is 0 Å². The summed E-state index contributed by atoms with van der Waals surface area (Å²) in [5.74, 6) is 0. The van der Waals surface area contributed by atoms with Gasteiger partial charge in [0.15, 0.2) is 0 Å². The number of rotatable bonds is 5. The zero-order chi connectivity index (χ0) is 19.6. The molecule has 5 nitrogen and oxygen atoms in total. The largest absolute Gasteiger partial charge is 0.386 e. The Bertz CT molecular complexity index is 977. The van der Waals surface area contributed by atoms with Crippen molar-refractivity contribution in [1.29, 1.82) is 0 Å². The molecule has 0 amide bonds. The predicted octanol–water partition coefficient (Wildman–Crippen LogP) is 5.30. The summed E-state index contributed by atoms with van der Waals surface area (Å²) in [4.78, 5) is 10.5. The maximum Gasteiger partial charge on any atom is 0.270 e. The number of nitro benzene ring substituents is 1. The lowest BCUT2D eigenvalue weighted by molar-refractivity contribution is -0.384. The van der Waals surface area contributed by atoms with Crippen molar-refractivity contribution >= 4 is 28.9 Å². The summed E-state index contributed by atoms with van der Waals surface area (Å²) in [6, 6.07) is 17.8. The Labute approximate surface area is 166 Å². The van der Waals surface area contributed by atoms with Gasteiger partial charge in [0.2, 0.25) is 0 Å². The van der Waals surface area contributed by atoms with Crippen molar-refractivity contribution in [3.05, 3.63) is 98.0 Å². The maximum atomic E-state index is 10.9. The molecule has 7 heteroatoms. The van der Waals surface area contributed by atoms with E-state index in [2.05, 4.69) is 0 Å². The molecular weight excluding hydrogens is 387 g/mol. The van der Waals surface area contributed by atoms with Gasteiger partial charge in [0, 0.05) is 12.1 Å². The van der Waals surface area contributed by atoms with Crippen LogP contribution in [0.3, 0.4) is 0 Å². The van der Waals surface area contributed by atoms with E-state index < -0.39 is 17.1 Å². The molecule has 0 bridgehead atoms. The zero-order valence-electron chi connectivity index (χ0n) is 14.0. The molecule has 0 aliphatic heterocycles. The highest BCUT2D eigenvalue weighted by molar-refractivity contribution is 6.42. The van der Waals surface area contributed by atoms with Crippen molar-refractivity contribution in [3.8, 4) is 11.1 Å². The van der Waals surface area contributed by atoms with E-state index in [4.69, 9.17) is 28.9 Å². The number of halogens is 2. The molecule has 0 aliphatic rings. The number of aliphatic hydroxyl groups is 1. The summed E-state index contributed by atoms with van der Waals surface area (Å²) < 4.78 is 0. The first kappa shape index (κ1) is 19.3. The second kappa shape index (κ2) is 8.06. The quantitative estimate of drug-likeness (QED) is 0.447. The molecule has 0 saturated carbocycles. The summed E-state index contributed by atoms with van der Waals surface area (Å²) in [6.07, 6.45) is -0.943. The minimum atomic E-state index is -0.943. The lowest BCUT2D eigenvalue weighted by atomic mass is 9.95. The van der Waals surface area contributed by atoms with Crippen molar-refractivity contribution in [2.45, 2.75) is 12.1 Å². The average Bonchev–Trinajstić information content (AvgIpc) is 2.69. The van der Waals surface area contributed by atoms with Gasteiger partial charge in [0.05, 0.1) is 27.1 Å². The van der Waals surface area contributed by atoms with Gasteiger partial charge in [0.25, 0.3) is 5.69 Å². The number of benzene rings is 3. The van der Waals surface area contributed by atoms with E-state index in [9.17, 15) is 15.2 Å². The molecule has 3 N–H and O–H groups in total. The monoisotopic (exact) mass is 402 g/mol. The second-order valence-electron chi connectivity index (χ2n) is 6.07. The van der Waals surface area contributed by atoms with E-state index in [1.54, 1.807) is 54.6 Å². The van der Waals surface area contributed by atoms with Gasteiger partial charge >= 0.3 is 0 Å². The van der Waals surface area contributed by atoms with Crippen molar-refractivity contribution in [1.82, 2.24) is 0 Å². The molecule has 0 fully saturated rings. The van der Waals surface area contributed by atoms with E-state index in [1.807, 2.05) is 0 Å². The van der Waals surface area contributed by atoms with Crippen molar-refractivity contribution in [3.63, 3.8) is 0 Å². The molecule has 0 radical (unpaired) electrons. The van der Waals surface area contributed by atoms with Crippen LogP contribution in [-0.2, 0) is 0 Å². The summed E-state index contributed by atoms with van der Waals surface area (Å²) in [6.45, 7) is 0. The van der Waals surface area contributed by atoms with Crippen molar-refractivity contribution in [2.24, 2.45) is 5.73 Å². The molecule has 0 heterocycles. The first-order chi connectivity index (χ1) is 12.9. The third-order valence-corrected chi connectivity index (χ3v) is 5.05. The minimum absolute atomic E-state index is 0.0262. The molecule has 3 aromatic rings. The molecule has 0 saturated heterocycles. The highest BCUT2D eigenvalue weighted by Gasteiger charge is 2.20. The third kappa shape index (κ3) is 4.28. The van der Waals surface area contributed by atoms with Crippen LogP contribution < -0.4 is 5.73 Å². The van der Waals surface area contributed by atoms with E-state index in [0.29, 0.717) is 21.2 Å². The van der Waals surface area contributed by atoms with Crippen LogP contribution in [0.4, 0.5) is 5.69 Å². The van der Waals surface area contributed by atoms with Crippen LogP contribution in [0.15, 0.2) is 66.7 Å². The fourth-order valence-electron chi connectivity index (χ4n) is 2.78. The van der Waals surface area contributed by atoms with Crippen LogP contribution in [0.5, 0.6) is 0 Å². The summed E-state index contributed by atoms with van der Waals surface area (Å²) in [5.41, 5.74) is 9.01. The molecule has 3 rings (SSSR count). The summed E-state index contributed by atoms with van der Waals surface area (Å²) in [7, 11) is 0. The Morgan fingerprint density at radius 3 is 2.19 bits per heavy atom. The first-order valence-corrected chi connectivity index (χ1v) is 8.86. The fourth-order valence-corrected chi connectivity index (χ4v) is 3.09. The first-order valence-electron chi connectivity index (χ1n) is 8.10. The Balaban J connectivity index is 1.83. The SMILES string of the molecule is NC(c1ccc(Cl)c(Cl)c1)C(O)c1ccc(-c2cccc([N+](=O)[O-])c2)cc1. The van der Waals surface area contributed by atoms with Crippen LogP contribution >= 0.6 is 23.2 Å². The lowest BCUT2D eigenvalue weighted by Crippen LogP contribution is -2.19. The van der Waals surface area contributed by atoms with Gasteiger partial charge in [-0.1, -0.05) is 65.7 Å². The van der Waals surface area contributed by atoms with Crippen LogP contribution in [0.1, 0.15) is 23.3 Å². The van der Waals surface area contributed by atoms with E-state index in [0.717, 1.165) is 11.1 Å². The minimum Gasteiger partial charge on any atom is -0.386 e. The molecule has 3 aromatic carbocycles. The molecule has 0 aliphatic carbocycles. The number of aliphatic hydroxyl groups excluding tert-OH is 1. The number of nitro groups is 1. The molecular formula is C20H16Cl2N2O3. The third-order valence-electron chi connectivity index (χ3n) is 4.31. The van der Waals surface area contributed by atoms with Crippen LogP contribution in [0.2, 0.25) is 10.0 Å². The number of hydrogen-bond donors (Lipinski definition) is 2. The van der Waals surface area contributed by atoms with Crippen LogP contribution in [0.25, 0.3) is 11.1 Å². The second-order valence-corrected chi connectivity index (χ2v) is 6.89. The van der Waals surface area contributed by atoms with Gasteiger partial charge in [0.1, 0.15) is 0 Å². The normalized spacial score (nSPS) is 13.2. The molecule has 0 aromatic heterocycles. The Kier molecular flexibility index (Phi) is 5.77.